The molecule has 0 atom stereocenters. The number of anilines is 1. The third-order valence-corrected chi connectivity index (χ3v) is 4.78. The Morgan fingerprint density at radius 1 is 1.21 bits per heavy atom. The molecule has 0 unspecified atom stereocenters. The van der Waals surface area contributed by atoms with E-state index in [1.807, 2.05) is 24.3 Å². The Kier molecular flexibility index (Phi) is 5.80. The lowest BCUT2D eigenvalue weighted by molar-refractivity contribution is -0.387. The Morgan fingerprint density at radius 2 is 1.96 bits per heavy atom. The molecule has 0 heterocycles. The van der Waals surface area contributed by atoms with E-state index in [0.29, 0.717) is 17.3 Å². The monoisotopic (exact) mass is 368 g/mol. The number of halogens is 1. The molecule has 6 nitrogen and oxygen atoms in total. The summed E-state index contributed by atoms with van der Waals surface area (Å²) in [4.78, 5) is 9.95. The largest absolute Gasteiger partial charge is 0.385 e. The van der Waals surface area contributed by atoms with Gasteiger partial charge in [0.25, 0.3) is 5.69 Å². The van der Waals surface area contributed by atoms with E-state index < -0.39 is 20.4 Å². The van der Waals surface area contributed by atoms with Crippen molar-refractivity contribution in [2.24, 2.45) is 0 Å². The Bertz CT molecular complexity index is 853. The summed E-state index contributed by atoms with van der Waals surface area (Å²) in [5.41, 5.74) is 1.24. The number of nitrogens with zero attached hydrogens (tertiary/aromatic N) is 1. The summed E-state index contributed by atoms with van der Waals surface area (Å²) in [6.45, 7) is 0.605. The van der Waals surface area contributed by atoms with Crippen molar-refractivity contribution in [1.82, 2.24) is 0 Å². The van der Waals surface area contributed by atoms with Crippen molar-refractivity contribution in [1.29, 1.82) is 0 Å². The highest BCUT2D eigenvalue weighted by atomic mass is 35.5. The van der Waals surface area contributed by atoms with Crippen LogP contribution in [0.3, 0.4) is 0 Å². The standard InChI is InChI=1S/C16H17ClN2O4S/c1-24(22,23)16-11-14(7-8-15(16)19(20)21)18-9-3-5-12-4-2-6-13(17)10-12/h2,4,6-8,10-11,18H,3,5,9H2,1H3. The lowest BCUT2D eigenvalue weighted by Gasteiger charge is -2.08. The van der Waals surface area contributed by atoms with Crippen LogP contribution in [0.2, 0.25) is 5.02 Å². The quantitative estimate of drug-likeness (QED) is 0.457. The second-order valence-electron chi connectivity index (χ2n) is 5.37. The van der Waals surface area contributed by atoms with Crippen molar-refractivity contribution in [2.75, 3.05) is 18.1 Å². The molecule has 0 saturated carbocycles. The van der Waals surface area contributed by atoms with Gasteiger partial charge in [0.1, 0.15) is 4.90 Å². The van der Waals surface area contributed by atoms with Crippen LogP contribution in [-0.4, -0.2) is 26.1 Å². The Morgan fingerprint density at radius 3 is 2.58 bits per heavy atom. The van der Waals surface area contributed by atoms with Crippen molar-refractivity contribution >= 4 is 32.8 Å². The number of hydrogen-bond acceptors (Lipinski definition) is 5. The SMILES string of the molecule is CS(=O)(=O)c1cc(NCCCc2cccc(Cl)c2)ccc1[N+](=O)[O-]. The highest BCUT2D eigenvalue weighted by molar-refractivity contribution is 7.90. The Hall–Kier alpha value is -2.12. The molecular formula is C16H17ClN2O4S. The van der Waals surface area contributed by atoms with Crippen LogP contribution in [0.1, 0.15) is 12.0 Å². The van der Waals surface area contributed by atoms with E-state index in [1.54, 1.807) is 0 Å². The molecule has 128 valence electrons. The first-order chi connectivity index (χ1) is 11.3. The van der Waals surface area contributed by atoms with E-state index >= 15 is 0 Å². The summed E-state index contributed by atoms with van der Waals surface area (Å²) in [5.74, 6) is 0. The molecular weight excluding hydrogens is 352 g/mol. The van der Waals surface area contributed by atoms with Gasteiger partial charge in [-0.3, -0.25) is 10.1 Å². The molecule has 0 radical (unpaired) electrons. The predicted molar refractivity (Wildman–Crippen MR) is 94.5 cm³/mol. The van der Waals surface area contributed by atoms with Crippen LogP contribution in [0.15, 0.2) is 47.4 Å². The van der Waals surface area contributed by atoms with Crippen molar-refractivity contribution in [3.63, 3.8) is 0 Å². The van der Waals surface area contributed by atoms with Crippen LogP contribution >= 0.6 is 11.6 Å². The fourth-order valence-corrected chi connectivity index (χ4v) is 3.37. The normalized spacial score (nSPS) is 11.2. The maximum Gasteiger partial charge on any atom is 0.288 e. The van der Waals surface area contributed by atoms with E-state index in [-0.39, 0.29) is 4.90 Å². The highest BCUT2D eigenvalue weighted by Gasteiger charge is 2.22. The molecule has 0 aliphatic carbocycles. The van der Waals surface area contributed by atoms with E-state index in [1.165, 1.54) is 18.2 Å². The number of benzene rings is 2. The molecule has 0 aliphatic heterocycles. The van der Waals surface area contributed by atoms with Gasteiger partial charge in [0.2, 0.25) is 0 Å². The fourth-order valence-electron chi connectivity index (χ4n) is 2.29. The van der Waals surface area contributed by atoms with Crippen molar-refractivity contribution < 1.29 is 13.3 Å². The minimum absolute atomic E-state index is 0.285. The number of aryl methyl sites for hydroxylation is 1. The minimum atomic E-state index is -3.68. The number of rotatable bonds is 7. The van der Waals surface area contributed by atoms with Gasteiger partial charge in [0, 0.05) is 29.6 Å². The molecule has 0 bridgehead atoms. The van der Waals surface area contributed by atoms with Crippen LogP contribution in [0.5, 0.6) is 0 Å². The van der Waals surface area contributed by atoms with Crippen LogP contribution in [-0.2, 0) is 16.3 Å². The second-order valence-corrected chi connectivity index (χ2v) is 7.79. The maximum absolute atomic E-state index is 11.7. The van der Waals surface area contributed by atoms with Gasteiger partial charge in [-0.2, -0.15) is 0 Å². The molecule has 2 rings (SSSR count). The number of nitro groups is 1. The van der Waals surface area contributed by atoms with Crippen LogP contribution in [0.25, 0.3) is 0 Å². The predicted octanol–water partition coefficient (Wildman–Crippen LogP) is 3.70. The molecule has 0 amide bonds. The average molecular weight is 369 g/mol. The molecule has 8 heteroatoms. The molecule has 2 aromatic rings. The molecule has 1 N–H and O–H groups in total. The van der Waals surface area contributed by atoms with Crippen LogP contribution in [0, 0.1) is 10.1 Å². The molecule has 24 heavy (non-hydrogen) atoms. The van der Waals surface area contributed by atoms with Gasteiger partial charge >= 0.3 is 0 Å². The summed E-state index contributed by atoms with van der Waals surface area (Å²) in [5, 5.41) is 14.7. The summed E-state index contributed by atoms with van der Waals surface area (Å²) < 4.78 is 23.4. The molecule has 2 aromatic carbocycles. The lowest BCUT2D eigenvalue weighted by Crippen LogP contribution is -2.07. The van der Waals surface area contributed by atoms with Gasteiger partial charge in [0.15, 0.2) is 9.84 Å². The first-order valence-electron chi connectivity index (χ1n) is 7.24. The van der Waals surface area contributed by atoms with Gasteiger partial charge < -0.3 is 5.32 Å². The highest BCUT2D eigenvalue weighted by Crippen LogP contribution is 2.27. The smallest absolute Gasteiger partial charge is 0.288 e. The number of nitro benzene ring substituents is 1. The van der Waals surface area contributed by atoms with Gasteiger partial charge in [0.05, 0.1) is 4.92 Å². The zero-order valence-corrected chi connectivity index (χ0v) is 14.6. The molecule has 0 aromatic heterocycles. The fraction of sp³-hybridized carbons (Fsp3) is 0.250. The lowest BCUT2D eigenvalue weighted by atomic mass is 10.1. The van der Waals surface area contributed by atoms with E-state index in [4.69, 9.17) is 11.6 Å². The van der Waals surface area contributed by atoms with Crippen LogP contribution < -0.4 is 5.32 Å². The van der Waals surface area contributed by atoms with Gasteiger partial charge in [-0.15, -0.1) is 0 Å². The first-order valence-corrected chi connectivity index (χ1v) is 9.51. The number of hydrogen-bond donors (Lipinski definition) is 1. The van der Waals surface area contributed by atoms with Crippen molar-refractivity contribution in [3.8, 4) is 0 Å². The summed E-state index contributed by atoms with van der Waals surface area (Å²) in [7, 11) is -3.68. The zero-order chi connectivity index (χ0) is 17.7. The molecule has 0 spiro atoms. The number of sulfone groups is 1. The number of nitrogens with one attached hydrogen (secondary N) is 1. The average Bonchev–Trinajstić information content (AvgIpc) is 2.50. The van der Waals surface area contributed by atoms with Gasteiger partial charge in [-0.05, 0) is 42.7 Å². The topological polar surface area (TPSA) is 89.3 Å². The zero-order valence-electron chi connectivity index (χ0n) is 13.0. The summed E-state index contributed by atoms with van der Waals surface area (Å²) in [6, 6.07) is 11.6. The Labute approximate surface area is 145 Å². The second kappa shape index (κ2) is 7.63. The van der Waals surface area contributed by atoms with E-state index in [2.05, 4.69) is 5.32 Å². The third kappa shape index (κ3) is 4.94. The Balaban J connectivity index is 2.01. The van der Waals surface area contributed by atoms with Crippen molar-refractivity contribution in [2.45, 2.75) is 17.7 Å². The minimum Gasteiger partial charge on any atom is -0.385 e. The third-order valence-electron chi connectivity index (χ3n) is 3.42. The van der Waals surface area contributed by atoms with Crippen molar-refractivity contribution in [3.05, 3.63) is 63.2 Å². The van der Waals surface area contributed by atoms with E-state index in [9.17, 15) is 18.5 Å². The van der Waals surface area contributed by atoms with Gasteiger partial charge in [-0.1, -0.05) is 23.7 Å². The van der Waals surface area contributed by atoms with Crippen LogP contribution in [0.4, 0.5) is 11.4 Å². The first kappa shape index (κ1) is 18.2. The molecule has 0 fully saturated rings. The van der Waals surface area contributed by atoms with E-state index in [0.717, 1.165) is 24.7 Å². The molecule has 0 aliphatic rings. The molecule has 0 saturated heterocycles. The summed E-state index contributed by atoms with van der Waals surface area (Å²) in [6.07, 6.45) is 2.59. The summed E-state index contributed by atoms with van der Waals surface area (Å²) >= 11 is 5.93. The maximum atomic E-state index is 11.7. The van der Waals surface area contributed by atoms with Gasteiger partial charge in [-0.25, -0.2) is 8.42 Å².